The molecule has 5 N–H and O–H groups in total. The minimum atomic E-state index is -1.42. The minimum Gasteiger partial charge on any atom is -0.391 e. The Morgan fingerprint density at radius 1 is 1.21 bits per heavy atom. The number of hydrogen-bond acceptors (Lipinski definition) is 8. The van der Waals surface area contributed by atoms with Gasteiger partial charge in [-0.3, -0.25) is 9.69 Å². The van der Waals surface area contributed by atoms with Crippen molar-refractivity contribution in [1.82, 2.24) is 10.2 Å². The summed E-state index contributed by atoms with van der Waals surface area (Å²) in [6.07, 6.45) is -3.18. The van der Waals surface area contributed by atoms with Gasteiger partial charge < -0.3 is 30.5 Å². The molecule has 170 valence electrons. The van der Waals surface area contributed by atoms with Crippen molar-refractivity contribution in [3.8, 4) is 0 Å². The quantitative estimate of drug-likeness (QED) is 0.342. The first-order chi connectivity index (χ1) is 13.7. The molecule has 0 bridgehead atoms. The maximum absolute atomic E-state index is 13.1. The lowest BCUT2D eigenvalue weighted by Crippen LogP contribution is -2.65. The van der Waals surface area contributed by atoms with Crippen molar-refractivity contribution in [2.24, 2.45) is 5.92 Å². The standard InChI is InChI=1S/C20H38N2O6S/c1-5-8-12-9-13(22(6-2)10-12)19(27)21-14(11(4)23)18-16(25)15(24)17(26)20(28-18)29-7-3/h11-18,20,23-26H,5-10H2,1-4H3,(H,21,27)/t11-,12-,13+,14-,15+,16-,17-,18-,20-/m1/s1. The second-order valence-electron chi connectivity index (χ2n) is 8.16. The molecule has 0 aromatic rings. The Labute approximate surface area is 178 Å². The molecule has 1 amide bonds. The van der Waals surface area contributed by atoms with E-state index in [9.17, 15) is 25.2 Å². The third-order valence-corrected chi connectivity index (χ3v) is 7.07. The smallest absolute Gasteiger partial charge is 0.237 e. The third-order valence-electron chi connectivity index (χ3n) is 6.02. The number of likely N-dealkylation sites (N-methyl/N-ethyl adjacent to an activating group) is 1. The van der Waals surface area contributed by atoms with E-state index in [2.05, 4.69) is 17.1 Å². The maximum Gasteiger partial charge on any atom is 0.237 e. The van der Waals surface area contributed by atoms with Gasteiger partial charge in [0.15, 0.2) is 0 Å². The molecule has 9 heteroatoms. The van der Waals surface area contributed by atoms with Gasteiger partial charge in [-0.25, -0.2) is 0 Å². The van der Waals surface area contributed by atoms with Gasteiger partial charge in [0, 0.05) is 6.54 Å². The van der Waals surface area contributed by atoms with Crippen LogP contribution >= 0.6 is 11.8 Å². The fourth-order valence-corrected chi connectivity index (χ4v) is 5.34. The van der Waals surface area contributed by atoms with Crippen LogP contribution in [0.4, 0.5) is 0 Å². The van der Waals surface area contributed by atoms with Gasteiger partial charge in [-0.05, 0) is 38.0 Å². The molecule has 0 aromatic heterocycles. The van der Waals surface area contributed by atoms with Gasteiger partial charge in [0.05, 0.1) is 18.2 Å². The van der Waals surface area contributed by atoms with Crippen LogP contribution in [0.15, 0.2) is 0 Å². The predicted molar refractivity (Wildman–Crippen MR) is 112 cm³/mol. The van der Waals surface area contributed by atoms with Crippen molar-refractivity contribution in [1.29, 1.82) is 0 Å². The fraction of sp³-hybridized carbons (Fsp3) is 0.950. The maximum atomic E-state index is 13.1. The van der Waals surface area contributed by atoms with Crippen LogP contribution in [0.3, 0.4) is 0 Å². The van der Waals surface area contributed by atoms with Crippen LogP contribution in [0.5, 0.6) is 0 Å². The highest BCUT2D eigenvalue weighted by Crippen LogP contribution is 2.31. The van der Waals surface area contributed by atoms with Gasteiger partial charge in [0.1, 0.15) is 29.9 Å². The Hall–Kier alpha value is -0.420. The summed E-state index contributed by atoms with van der Waals surface area (Å²) >= 11 is 1.31. The van der Waals surface area contributed by atoms with E-state index in [1.807, 2.05) is 13.8 Å². The minimum absolute atomic E-state index is 0.201. The van der Waals surface area contributed by atoms with Gasteiger partial charge in [-0.2, -0.15) is 0 Å². The summed E-state index contributed by atoms with van der Waals surface area (Å²) in [5, 5.41) is 44.1. The van der Waals surface area contributed by atoms with E-state index in [-0.39, 0.29) is 11.9 Å². The van der Waals surface area contributed by atoms with Crippen LogP contribution in [0.25, 0.3) is 0 Å². The van der Waals surface area contributed by atoms with Crippen LogP contribution in [0, 0.1) is 5.92 Å². The number of carbonyl (C=O) groups excluding carboxylic acids is 1. The number of carbonyl (C=O) groups is 1. The largest absolute Gasteiger partial charge is 0.391 e. The molecule has 0 saturated carbocycles. The van der Waals surface area contributed by atoms with Crippen molar-refractivity contribution in [2.45, 2.75) is 95.0 Å². The Morgan fingerprint density at radius 2 is 1.90 bits per heavy atom. The fourth-order valence-electron chi connectivity index (χ4n) is 4.45. The van der Waals surface area contributed by atoms with Gasteiger partial charge in [0.2, 0.25) is 5.91 Å². The number of aliphatic hydroxyl groups is 4. The number of rotatable bonds is 9. The van der Waals surface area contributed by atoms with Gasteiger partial charge >= 0.3 is 0 Å². The molecule has 29 heavy (non-hydrogen) atoms. The van der Waals surface area contributed by atoms with Crippen molar-refractivity contribution < 1.29 is 30.0 Å². The molecule has 0 radical (unpaired) electrons. The van der Waals surface area contributed by atoms with Gasteiger partial charge in [-0.1, -0.05) is 27.2 Å². The van der Waals surface area contributed by atoms with E-state index in [0.717, 1.165) is 32.4 Å². The number of hydrogen-bond donors (Lipinski definition) is 5. The monoisotopic (exact) mass is 434 g/mol. The van der Waals surface area contributed by atoms with Crippen molar-refractivity contribution in [2.75, 3.05) is 18.8 Å². The molecule has 0 unspecified atom stereocenters. The number of likely N-dealkylation sites (tertiary alicyclic amines) is 1. The van der Waals surface area contributed by atoms with E-state index >= 15 is 0 Å². The number of nitrogens with one attached hydrogen (secondary N) is 1. The number of amides is 1. The second-order valence-corrected chi connectivity index (χ2v) is 9.54. The molecule has 9 atom stereocenters. The SMILES string of the molecule is CCC[C@@H]1C[C@@H](C(=O)N[C@@H]([C@H]2O[C@H](SCC)[C@H](O)[C@@H](O)[C@H]2O)[C@@H](C)O)N(CC)C1. The highest BCUT2D eigenvalue weighted by molar-refractivity contribution is 7.99. The highest BCUT2D eigenvalue weighted by Gasteiger charge is 2.48. The van der Waals surface area contributed by atoms with Crippen LogP contribution < -0.4 is 5.32 Å². The van der Waals surface area contributed by atoms with Crippen LogP contribution in [0.2, 0.25) is 0 Å². The second kappa shape index (κ2) is 11.3. The van der Waals surface area contributed by atoms with Crippen molar-refractivity contribution in [3.05, 3.63) is 0 Å². The van der Waals surface area contributed by atoms with E-state index in [0.29, 0.717) is 11.7 Å². The predicted octanol–water partition coefficient (Wildman–Crippen LogP) is -0.0768. The molecule has 2 saturated heterocycles. The molecule has 2 rings (SSSR count). The first kappa shape index (κ1) is 24.8. The molecule has 2 aliphatic heterocycles. The van der Waals surface area contributed by atoms with Crippen LogP contribution in [-0.2, 0) is 9.53 Å². The Kier molecular flexibility index (Phi) is 9.66. The molecule has 2 fully saturated rings. The summed E-state index contributed by atoms with van der Waals surface area (Å²) in [6, 6.07) is -1.18. The van der Waals surface area contributed by atoms with Crippen LogP contribution in [-0.4, -0.2) is 98.1 Å². The number of ether oxygens (including phenoxy) is 1. The summed E-state index contributed by atoms with van der Waals surface area (Å²) in [5.41, 5.74) is -0.742. The number of thioether (sulfide) groups is 1. The van der Waals surface area contributed by atoms with E-state index in [1.54, 1.807) is 0 Å². The van der Waals surface area contributed by atoms with Crippen molar-refractivity contribution >= 4 is 17.7 Å². The average molecular weight is 435 g/mol. The van der Waals surface area contributed by atoms with E-state index in [4.69, 9.17) is 4.74 Å². The molecular formula is C20H38N2O6S. The van der Waals surface area contributed by atoms with E-state index < -0.39 is 42.0 Å². The number of aliphatic hydroxyl groups excluding tert-OH is 4. The third kappa shape index (κ3) is 5.84. The first-order valence-corrected chi connectivity index (χ1v) is 11.8. The van der Waals surface area contributed by atoms with Gasteiger partial charge in [0.25, 0.3) is 0 Å². The Bertz CT molecular complexity index is 525. The summed E-state index contributed by atoms with van der Waals surface area (Å²) in [6.45, 7) is 9.23. The lowest BCUT2D eigenvalue weighted by atomic mass is 9.92. The topological polar surface area (TPSA) is 122 Å². The Morgan fingerprint density at radius 3 is 2.45 bits per heavy atom. The zero-order valence-corrected chi connectivity index (χ0v) is 18.7. The molecule has 0 aromatic carbocycles. The van der Waals surface area contributed by atoms with Gasteiger partial charge in [-0.15, -0.1) is 11.8 Å². The summed E-state index contributed by atoms with van der Waals surface area (Å²) in [5.74, 6) is 0.918. The lowest BCUT2D eigenvalue weighted by Gasteiger charge is -2.44. The van der Waals surface area contributed by atoms with E-state index in [1.165, 1.54) is 18.7 Å². The zero-order chi connectivity index (χ0) is 21.7. The summed E-state index contributed by atoms with van der Waals surface area (Å²) < 4.78 is 5.84. The number of nitrogens with zero attached hydrogens (tertiary/aromatic N) is 1. The molecule has 8 nitrogen and oxygen atoms in total. The molecule has 0 spiro atoms. The van der Waals surface area contributed by atoms with Crippen LogP contribution in [0.1, 0.15) is 47.0 Å². The summed E-state index contributed by atoms with van der Waals surface area (Å²) in [4.78, 5) is 15.2. The highest BCUT2D eigenvalue weighted by atomic mass is 32.2. The molecule has 2 aliphatic rings. The van der Waals surface area contributed by atoms with Crippen molar-refractivity contribution in [3.63, 3.8) is 0 Å². The zero-order valence-electron chi connectivity index (χ0n) is 17.9. The molecular weight excluding hydrogens is 396 g/mol. The average Bonchev–Trinajstić information content (AvgIpc) is 3.10. The Balaban J connectivity index is 2.13. The first-order valence-electron chi connectivity index (χ1n) is 10.8. The molecule has 0 aliphatic carbocycles. The molecule has 2 heterocycles. The summed E-state index contributed by atoms with van der Waals surface area (Å²) in [7, 11) is 0. The normalized spacial score (nSPS) is 38.0. The lowest BCUT2D eigenvalue weighted by molar-refractivity contribution is -0.211.